The Morgan fingerprint density at radius 3 is 1.55 bits per heavy atom. The maximum atomic E-state index is 6.82. The first-order valence-corrected chi connectivity index (χ1v) is 18.4. The smallest absolute Gasteiger partial charge is 0.192 e. The fourth-order valence-electron chi connectivity index (χ4n) is 4.44. The first-order valence-electron chi connectivity index (χ1n) is 15.5. The first-order chi connectivity index (χ1) is 21.1. The van der Waals surface area contributed by atoms with Gasteiger partial charge in [-0.05, 0) is 41.7 Å². The molecule has 0 aliphatic rings. The second-order valence-corrected chi connectivity index (χ2v) is 17.3. The standard InChI is InChI=1S/C37H52O6Si/c1-8-18-33(42-29-38-5)35(40-26-31-21-14-10-15-22-31)36(41-27-32-23-16-11-17-24-32)34(28-43-44(6,7)37(2,3)4)39-25-30-19-12-9-13-20-30/h8-24,33-36H,25-29H2,1-7H3/b18-8+/t33-,34-,35+,36+/m0/s1. The molecule has 0 bridgehead atoms. The van der Waals surface area contributed by atoms with Gasteiger partial charge in [0.25, 0.3) is 0 Å². The van der Waals surface area contributed by atoms with E-state index in [2.05, 4.69) is 70.3 Å². The van der Waals surface area contributed by atoms with Crippen molar-refractivity contribution in [3.63, 3.8) is 0 Å². The van der Waals surface area contributed by atoms with Gasteiger partial charge in [-0.25, -0.2) is 0 Å². The molecule has 6 nitrogen and oxygen atoms in total. The van der Waals surface area contributed by atoms with E-state index in [1.165, 1.54) is 0 Å². The van der Waals surface area contributed by atoms with Gasteiger partial charge in [0.1, 0.15) is 31.2 Å². The lowest BCUT2D eigenvalue weighted by Gasteiger charge is -2.40. The zero-order chi connectivity index (χ0) is 31.8. The predicted octanol–water partition coefficient (Wildman–Crippen LogP) is 8.33. The summed E-state index contributed by atoms with van der Waals surface area (Å²) in [6, 6.07) is 30.5. The molecule has 7 heteroatoms. The van der Waals surface area contributed by atoms with Crippen molar-refractivity contribution in [2.24, 2.45) is 0 Å². The summed E-state index contributed by atoms with van der Waals surface area (Å²) in [4.78, 5) is 0. The van der Waals surface area contributed by atoms with Crippen LogP contribution in [0.25, 0.3) is 0 Å². The Labute approximate surface area is 266 Å². The Morgan fingerprint density at radius 2 is 1.11 bits per heavy atom. The predicted molar refractivity (Wildman–Crippen MR) is 180 cm³/mol. The Morgan fingerprint density at radius 1 is 0.659 bits per heavy atom. The van der Waals surface area contributed by atoms with E-state index in [1.54, 1.807) is 7.11 Å². The maximum Gasteiger partial charge on any atom is 0.192 e. The molecule has 0 spiro atoms. The van der Waals surface area contributed by atoms with Crippen LogP contribution in [0.4, 0.5) is 0 Å². The summed E-state index contributed by atoms with van der Waals surface area (Å²) >= 11 is 0. The van der Waals surface area contributed by atoms with Crippen molar-refractivity contribution < 1.29 is 28.1 Å². The van der Waals surface area contributed by atoms with Crippen LogP contribution in [0.2, 0.25) is 18.1 Å². The minimum absolute atomic E-state index is 0.0373. The summed E-state index contributed by atoms with van der Waals surface area (Å²) in [5.41, 5.74) is 3.20. The van der Waals surface area contributed by atoms with Crippen LogP contribution in [-0.2, 0) is 47.9 Å². The van der Waals surface area contributed by atoms with E-state index in [4.69, 9.17) is 28.1 Å². The Balaban J connectivity index is 2.03. The monoisotopic (exact) mass is 620 g/mol. The van der Waals surface area contributed by atoms with Gasteiger partial charge in [-0.15, -0.1) is 0 Å². The third-order valence-corrected chi connectivity index (χ3v) is 12.6. The van der Waals surface area contributed by atoms with Crippen LogP contribution in [0, 0.1) is 0 Å². The van der Waals surface area contributed by atoms with Gasteiger partial charge in [-0.1, -0.05) is 124 Å². The van der Waals surface area contributed by atoms with Crippen molar-refractivity contribution in [3.05, 3.63) is 120 Å². The molecule has 0 heterocycles. The molecule has 240 valence electrons. The van der Waals surface area contributed by atoms with E-state index in [1.807, 2.05) is 73.7 Å². The lowest BCUT2D eigenvalue weighted by Crippen LogP contribution is -2.52. The van der Waals surface area contributed by atoms with Crippen LogP contribution in [0.15, 0.2) is 103 Å². The number of hydrogen-bond acceptors (Lipinski definition) is 6. The van der Waals surface area contributed by atoms with E-state index < -0.39 is 32.7 Å². The molecule has 3 rings (SSSR count). The van der Waals surface area contributed by atoms with Crippen LogP contribution in [0.1, 0.15) is 44.4 Å². The zero-order valence-corrected chi connectivity index (χ0v) is 28.6. The normalized spacial score (nSPS) is 15.2. The van der Waals surface area contributed by atoms with Gasteiger partial charge in [0.2, 0.25) is 0 Å². The average Bonchev–Trinajstić information content (AvgIpc) is 3.02. The molecule has 3 aromatic carbocycles. The van der Waals surface area contributed by atoms with E-state index >= 15 is 0 Å². The molecule has 3 aromatic rings. The SMILES string of the molecule is C/C=C/[C@H](OCOC)[C@@H](OCc1ccccc1)[C@H](OCc1ccccc1)[C@H](CO[Si](C)(C)C(C)(C)C)OCc1ccccc1. The third-order valence-electron chi connectivity index (χ3n) is 8.07. The van der Waals surface area contributed by atoms with Gasteiger partial charge >= 0.3 is 0 Å². The first kappa shape index (κ1) is 35.9. The summed E-state index contributed by atoms with van der Waals surface area (Å²) in [6.45, 7) is 14.9. The maximum absolute atomic E-state index is 6.82. The summed E-state index contributed by atoms with van der Waals surface area (Å²) in [5.74, 6) is 0. The molecule has 4 atom stereocenters. The molecule has 0 aliphatic carbocycles. The highest BCUT2D eigenvalue weighted by atomic mass is 28.4. The molecule has 0 aromatic heterocycles. The van der Waals surface area contributed by atoms with Gasteiger partial charge < -0.3 is 28.1 Å². The van der Waals surface area contributed by atoms with Crippen molar-refractivity contribution in [2.45, 2.75) is 90.1 Å². The van der Waals surface area contributed by atoms with E-state index in [0.29, 0.717) is 26.4 Å². The Kier molecular flexibility index (Phi) is 15.0. The van der Waals surface area contributed by atoms with Crippen LogP contribution in [0.5, 0.6) is 0 Å². The topological polar surface area (TPSA) is 55.4 Å². The second kappa shape index (κ2) is 18.4. The number of methoxy groups -OCH3 is 1. The van der Waals surface area contributed by atoms with Gasteiger partial charge in [0.05, 0.1) is 26.4 Å². The summed E-state index contributed by atoms with van der Waals surface area (Å²) in [7, 11) is -0.500. The van der Waals surface area contributed by atoms with E-state index in [9.17, 15) is 0 Å². The average molecular weight is 621 g/mol. The fourth-order valence-corrected chi connectivity index (χ4v) is 5.46. The quantitative estimate of drug-likeness (QED) is 0.0763. The highest BCUT2D eigenvalue weighted by Gasteiger charge is 2.42. The number of ether oxygens (including phenoxy) is 5. The largest absolute Gasteiger partial charge is 0.414 e. The molecule has 0 saturated heterocycles. The van der Waals surface area contributed by atoms with Crippen molar-refractivity contribution >= 4 is 8.32 Å². The lowest BCUT2D eigenvalue weighted by atomic mass is 10.0. The van der Waals surface area contributed by atoms with Crippen molar-refractivity contribution in [3.8, 4) is 0 Å². The summed E-state index contributed by atoms with van der Waals surface area (Å²) < 4.78 is 38.7. The van der Waals surface area contributed by atoms with Crippen LogP contribution < -0.4 is 0 Å². The molecule has 0 N–H and O–H groups in total. The molecule has 0 aliphatic heterocycles. The van der Waals surface area contributed by atoms with E-state index in [0.717, 1.165) is 16.7 Å². The zero-order valence-electron chi connectivity index (χ0n) is 27.6. The van der Waals surface area contributed by atoms with Crippen molar-refractivity contribution in [1.29, 1.82) is 0 Å². The van der Waals surface area contributed by atoms with Crippen LogP contribution in [0.3, 0.4) is 0 Å². The molecule has 0 fully saturated rings. The summed E-state index contributed by atoms with van der Waals surface area (Å²) in [5, 5.41) is 0.0373. The fraction of sp³-hybridized carbons (Fsp3) is 0.459. The molecule has 0 radical (unpaired) electrons. The minimum atomic E-state index is -2.12. The molecule has 0 unspecified atom stereocenters. The molecular formula is C37H52O6Si. The van der Waals surface area contributed by atoms with Crippen LogP contribution in [-0.4, -0.2) is 53.2 Å². The number of hydrogen-bond donors (Lipinski definition) is 0. The van der Waals surface area contributed by atoms with Crippen molar-refractivity contribution in [2.75, 3.05) is 20.5 Å². The number of rotatable bonds is 19. The highest BCUT2D eigenvalue weighted by Crippen LogP contribution is 2.37. The second-order valence-electron chi connectivity index (χ2n) is 12.5. The van der Waals surface area contributed by atoms with Gasteiger partial charge in [-0.3, -0.25) is 0 Å². The number of allylic oxidation sites excluding steroid dienone is 1. The molecule has 44 heavy (non-hydrogen) atoms. The highest BCUT2D eigenvalue weighted by molar-refractivity contribution is 6.74. The minimum Gasteiger partial charge on any atom is -0.414 e. The third kappa shape index (κ3) is 11.7. The van der Waals surface area contributed by atoms with Crippen molar-refractivity contribution in [1.82, 2.24) is 0 Å². The Bertz CT molecular complexity index is 1200. The van der Waals surface area contributed by atoms with Gasteiger partial charge in [-0.2, -0.15) is 0 Å². The summed E-state index contributed by atoms with van der Waals surface area (Å²) in [6.07, 6.45) is 1.99. The molecular weight excluding hydrogens is 568 g/mol. The Hall–Kier alpha value is -2.62. The lowest BCUT2D eigenvalue weighted by molar-refractivity contribution is -0.197. The number of benzene rings is 3. The van der Waals surface area contributed by atoms with Gasteiger partial charge in [0.15, 0.2) is 8.32 Å². The van der Waals surface area contributed by atoms with E-state index in [-0.39, 0.29) is 11.8 Å². The van der Waals surface area contributed by atoms with Crippen LogP contribution >= 0.6 is 0 Å². The molecule has 0 saturated carbocycles. The molecule has 0 amide bonds. The van der Waals surface area contributed by atoms with Gasteiger partial charge in [0, 0.05) is 7.11 Å².